The maximum atomic E-state index is 12.6. The molecule has 0 heterocycles. The van der Waals surface area contributed by atoms with Crippen LogP contribution in [0, 0.1) is 6.92 Å². The second-order valence-corrected chi connectivity index (χ2v) is 10.0. The predicted molar refractivity (Wildman–Crippen MR) is 123 cm³/mol. The molecule has 0 radical (unpaired) electrons. The quantitative estimate of drug-likeness (QED) is 0.578. The molecular formula is C22H30N2O3S2. The van der Waals surface area contributed by atoms with Crippen molar-refractivity contribution in [2.45, 2.75) is 39.0 Å². The van der Waals surface area contributed by atoms with Gasteiger partial charge in [0.05, 0.1) is 11.9 Å². The standard InChI is InChI=1S/C22H30N2O3S2/c1-5-19-10-12-21(13-11-19)24(29(4,26)27)18(3)22(25)23-14-15-28-16-20-8-6-17(2)7-9-20/h6-13,18H,5,14-16H2,1-4H3,(H,23,25)/t18-/m1/s1. The number of carbonyl (C=O) groups is 1. The number of amides is 1. The van der Waals surface area contributed by atoms with Gasteiger partial charge in [0.15, 0.2) is 0 Å². The predicted octanol–water partition coefficient (Wildman–Crippen LogP) is 3.76. The summed E-state index contributed by atoms with van der Waals surface area (Å²) in [7, 11) is -3.59. The van der Waals surface area contributed by atoms with Crippen LogP contribution in [0.2, 0.25) is 0 Å². The van der Waals surface area contributed by atoms with Crippen LogP contribution in [0.4, 0.5) is 5.69 Å². The fourth-order valence-electron chi connectivity index (χ4n) is 2.96. The number of rotatable bonds is 10. The van der Waals surface area contributed by atoms with E-state index in [1.54, 1.807) is 30.8 Å². The van der Waals surface area contributed by atoms with Crippen molar-refractivity contribution in [1.29, 1.82) is 0 Å². The van der Waals surface area contributed by atoms with Gasteiger partial charge in [-0.15, -0.1) is 0 Å². The van der Waals surface area contributed by atoms with Crippen molar-refractivity contribution in [2.24, 2.45) is 0 Å². The molecule has 0 bridgehead atoms. The zero-order valence-corrected chi connectivity index (χ0v) is 19.1. The first-order chi connectivity index (χ1) is 13.7. The van der Waals surface area contributed by atoms with E-state index in [2.05, 4.69) is 36.5 Å². The third-order valence-electron chi connectivity index (χ3n) is 4.62. The average Bonchev–Trinajstić information content (AvgIpc) is 2.68. The Kier molecular flexibility index (Phi) is 8.59. The van der Waals surface area contributed by atoms with Crippen molar-refractivity contribution in [3.63, 3.8) is 0 Å². The van der Waals surface area contributed by atoms with Gasteiger partial charge in [-0.1, -0.05) is 48.9 Å². The van der Waals surface area contributed by atoms with Gasteiger partial charge in [-0.3, -0.25) is 9.10 Å². The largest absolute Gasteiger partial charge is 0.353 e. The molecule has 0 aliphatic rings. The van der Waals surface area contributed by atoms with Crippen LogP contribution in [0.15, 0.2) is 48.5 Å². The monoisotopic (exact) mass is 434 g/mol. The number of benzene rings is 2. The molecule has 29 heavy (non-hydrogen) atoms. The van der Waals surface area contributed by atoms with Crippen LogP contribution in [0.1, 0.15) is 30.5 Å². The fourth-order valence-corrected chi connectivity index (χ4v) is 4.95. The number of aryl methyl sites for hydroxylation is 2. The molecule has 5 nitrogen and oxygen atoms in total. The van der Waals surface area contributed by atoms with Crippen molar-refractivity contribution in [3.8, 4) is 0 Å². The Morgan fingerprint density at radius 1 is 1.07 bits per heavy atom. The van der Waals surface area contributed by atoms with Gasteiger partial charge >= 0.3 is 0 Å². The van der Waals surface area contributed by atoms with Gasteiger partial charge in [-0.05, 0) is 43.5 Å². The number of nitrogens with one attached hydrogen (secondary N) is 1. The van der Waals surface area contributed by atoms with Crippen LogP contribution >= 0.6 is 11.8 Å². The third-order valence-corrected chi connectivity index (χ3v) is 6.89. The van der Waals surface area contributed by atoms with E-state index in [4.69, 9.17) is 0 Å². The van der Waals surface area contributed by atoms with Crippen LogP contribution in [-0.4, -0.2) is 38.9 Å². The van der Waals surface area contributed by atoms with Crippen molar-refractivity contribution < 1.29 is 13.2 Å². The molecule has 0 saturated carbocycles. The number of thioether (sulfide) groups is 1. The molecule has 0 aliphatic heterocycles. The molecule has 1 N–H and O–H groups in total. The van der Waals surface area contributed by atoms with E-state index in [0.717, 1.165) is 29.7 Å². The van der Waals surface area contributed by atoms with Gasteiger partial charge in [-0.25, -0.2) is 8.42 Å². The van der Waals surface area contributed by atoms with Gasteiger partial charge in [0.2, 0.25) is 15.9 Å². The summed E-state index contributed by atoms with van der Waals surface area (Å²) in [6.45, 7) is 6.21. The smallest absolute Gasteiger partial charge is 0.243 e. The summed E-state index contributed by atoms with van der Waals surface area (Å²) in [5.41, 5.74) is 4.10. The van der Waals surface area contributed by atoms with Gasteiger partial charge in [-0.2, -0.15) is 11.8 Å². The molecule has 0 unspecified atom stereocenters. The van der Waals surface area contributed by atoms with Crippen LogP contribution in [0.3, 0.4) is 0 Å². The van der Waals surface area contributed by atoms with E-state index >= 15 is 0 Å². The highest BCUT2D eigenvalue weighted by atomic mass is 32.2. The van der Waals surface area contributed by atoms with Gasteiger partial charge in [0.1, 0.15) is 6.04 Å². The van der Waals surface area contributed by atoms with E-state index in [-0.39, 0.29) is 5.91 Å². The number of sulfonamides is 1. The molecule has 158 valence electrons. The summed E-state index contributed by atoms with van der Waals surface area (Å²) in [5.74, 6) is 1.34. The average molecular weight is 435 g/mol. The Balaban J connectivity index is 1.90. The molecule has 2 rings (SSSR count). The normalized spacial score (nSPS) is 12.4. The second-order valence-electron chi connectivity index (χ2n) is 7.08. The Hall–Kier alpha value is -1.99. The molecule has 7 heteroatoms. The number of anilines is 1. The minimum Gasteiger partial charge on any atom is -0.353 e. The fraction of sp³-hybridized carbons (Fsp3) is 0.409. The molecule has 2 aromatic rings. The SMILES string of the molecule is CCc1ccc(N([C@H](C)C(=O)NCCSCc2ccc(C)cc2)S(C)(=O)=O)cc1. The van der Waals surface area contributed by atoms with Gasteiger partial charge in [0.25, 0.3) is 0 Å². The molecule has 0 aromatic heterocycles. The Labute approximate surface area is 178 Å². The first kappa shape index (κ1) is 23.3. The van der Waals surface area contributed by atoms with E-state index in [9.17, 15) is 13.2 Å². The van der Waals surface area contributed by atoms with E-state index < -0.39 is 16.1 Å². The first-order valence-corrected chi connectivity index (χ1v) is 12.7. The molecular weight excluding hydrogens is 404 g/mol. The highest BCUT2D eigenvalue weighted by molar-refractivity contribution is 7.98. The van der Waals surface area contributed by atoms with Crippen molar-refractivity contribution in [3.05, 3.63) is 65.2 Å². The van der Waals surface area contributed by atoms with Gasteiger partial charge < -0.3 is 5.32 Å². The second kappa shape index (κ2) is 10.7. The molecule has 0 saturated heterocycles. The van der Waals surface area contributed by atoms with Crippen LogP contribution < -0.4 is 9.62 Å². The van der Waals surface area contributed by atoms with Crippen LogP contribution in [0.25, 0.3) is 0 Å². The molecule has 1 amide bonds. The highest BCUT2D eigenvalue weighted by Crippen LogP contribution is 2.21. The molecule has 2 aromatic carbocycles. The summed E-state index contributed by atoms with van der Waals surface area (Å²) >= 11 is 1.73. The van der Waals surface area contributed by atoms with Crippen molar-refractivity contribution >= 4 is 33.4 Å². The lowest BCUT2D eigenvalue weighted by molar-refractivity contribution is -0.121. The molecule has 1 atom stereocenters. The molecule has 0 fully saturated rings. The third kappa shape index (κ3) is 7.08. The Morgan fingerprint density at radius 2 is 1.66 bits per heavy atom. The van der Waals surface area contributed by atoms with Crippen molar-refractivity contribution in [2.75, 3.05) is 22.9 Å². The topological polar surface area (TPSA) is 66.5 Å². The Morgan fingerprint density at radius 3 is 2.21 bits per heavy atom. The van der Waals surface area contributed by atoms with Crippen molar-refractivity contribution in [1.82, 2.24) is 5.32 Å². The van der Waals surface area contributed by atoms with E-state index in [1.807, 2.05) is 19.1 Å². The van der Waals surface area contributed by atoms with Crippen LogP contribution in [0.5, 0.6) is 0 Å². The number of carbonyl (C=O) groups excluding carboxylic acids is 1. The lowest BCUT2D eigenvalue weighted by Gasteiger charge is -2.28. The minimum atomic E-state index is -3.59. The first-order valence-electron chi connectivity index (χ1n) is 9.71. The van der Waals surface area contributed by atoms with Crippen LogP contribution in [-0.2, 0) is 27.0 Å². The summed E-state index contributed by atoms with van der Waals surface area (Å²) < 4.78 is 25.8. The summed E-state index contributed by atoms with van der Waals surface area (Å²) in [5, 5.41) is 2.86. The zero-order valence-electron chi connectivity index (χ0n) is 17.5. The molecule has 0 aliphatic carbocycles. The maximum Gasteiger partial charge on any atom is 0.243 e. The van der Waals surface area contributed by atoms with Gasteiger partial charge in [0, 0.05) is 18.1 Å². The van der Waals surface area contributed by atoms with E-state index in [0.29, 0.717) is 12.2 Å². The zero-order chi connectivity index (χ0) is 21.4. The maximum absolute atomic E-state index is 12.6. The number of nitrogens with zero attached hydrogens (tertiary/aromatic N) is 1. The lowest BCUT2D eigenvalue weighted by atomic mass is 10.1. The molecule has 0 spiro atoms. The number of hydrogen-bond donors (Lipinski definition) is 1. The summed E-state index contributed by atoms with van der Waals surface area (Å²) in [6, 6.07) is 14.9. The lowest BCUT2D eigenvalue weighted by Crippen LogP contribution is -2.48. The Bertz CT molecular complexity index is 895. The summed E-state index contributed by atoms with van der Waals surface area (Å²) in [6.07, 6.45) is 2.00. The highest BCUT2D eigenvalue weighted by Gasteiger charge is 2.28. The number of hydrogen-bond acceptors (Lipinski definition) is 4. The van der Waals surface area contributed by atoms with E-state index in [1.165, 1.54) is 15.4 Å². The summed E-state index contributed by atoms with van der Waals surface area (Å²) in [4.78, 5) is 12.6. The minimum absolute atomic E-state index is 0.300.